The molecule has 0 radical (unpaired) electrons. The van der Waals surface area contributed by atoms with Crippen molar-refractivity contribution in [3.8, 4) is 0 Å². The molecule has 0 aliphatic heterocycles. The number of aromatic nitrogens is 3. The van der Waals surface area contributed by atoms with Crippen LogP contribution < -0.4 is 10.6 Å². The lowest BCUT2D eigenvalue weighted by Crippen LogP contribution is -2.37. The van der Waals surface area contributed by atoms with Gasteiger partial charge in [-0.05, 0) is 6.42 Å². The molecule has 0 atom stereocenters. The van der Waals surface area contributed by atoms with Crippen LogP contribution in [0.25, 0.3) is 0 Å². The molecule has 2 N–H and O–H groups in total. The normalized spacial score (nSPS) is 12.4. The lowest BCUT2D eigenvalue weighted by Gasteiger charge is -2.11. The van der Waals surface area contributed by atoms with E-state index < -0.39 is 11.9 Å². The van der Waals surface area contributed by atoms with Crippen LogP contribution in [0.5, 0.6) is 0 Å². The summed E-state index contributed by atoms with van der Waals surface area (Å²) in [5.41, 5.74) is -0.859. The molecule has 0 unspecified atom stereocenters. The number of nitrogens with one attached hydrogen (secondary N) is 2. The van der Waals surface area contributed by atoms with Crippen LogP contribution >= 0.6 is 11.3 Å². The predicted octanol–water partition coefficient (Wildman–Crippen LogP) is 2.11. The van der Waals surface area contributed by atoms with Crippen LogP contribution in [0.1, 0.15) is 17.1 Å². The van der Waals surface area contributed by atoms with Gasteiger partial charge >= 0.3 is 6.18 Å². The first-order valence-electron chi connectivity index (χ1n) is 6.91. The molecule has 0 saturated heterocycles. The Kier molecular flexibility index (Phi) is 5.97. The number of hydrogen-bond acceptors (Lipinski definition) is 4. The highest BCUT2D eigenvalue weighted by atomic mass is 32.1. The largest absolute Gasteiger partial charge is 0.434 e. The van der Waals surface area contributed by atoms with Crippen LogP contribution in [-0.2, 0) is 19.3 Å². The maximum Gasteiger partial charge on any atom is 0.434 e. The number of imidazole rings is 1. The zero-order valence-electron chi connectivity index (χ0n) is 12.5. The number of hydrogen-bond donors (Lipinski definition) is 2. The topological polar surface area (TPSA) is 67.1 Å². The highest BCUT2D eigenvalue weighted by Gasteiger charge is 2.33. The van der Waals surface area contributed by atoms with Crippen molar-refractivity contribution in [3.63, 3.8) is 0 Å². The maximum atomic E-state index is 12.5. The Labute approximate surface area is 135 Å². The zero-order chi connectivity index (χ0) is 16.7. The van der Waals surface area contributed by atoms with Crippen LogP contribution in [0.2, 0.25) is 0 Å². The van der Waals surface area contributed by atoms with Crippen molar-refractivity contribution in [1.29, 1.82) is 0 Å². The van der Waals surface area contributed by atoms with Crippen LogP contribution in [-0.4, -0.2) is 34.1 Å². The van der Waals surface area contributed by atoms with Crippen LogP contribution in [0, 0.1) is 0 Å². The summed E-state index contributed by atoms with van der Waals surface area (Å²) in [6.45, 7) is 1.71. The van der Waals surface area contributed by atoms with Gasteiger partial charge in [-0.2, -0.15) is 13.2 Å². The number of aryl methyl sites for hydroxylation is 1. The molecular weight excluding hydrogens is 329 g/mol. The van der Waals surface area contributed by atoms with E-state index >= 15 is 0 Å². The summed E-state index contributed by atoms with van der Waals surface area (Å²) in [6.07, 6.45) is 1.81. The Morgan fingerprint density at radius 1 is 1.39 bits per heavy atom. The average molecular weight is 346 g/mol. The summed E-state index contributed by atoms with van der Waals surface area (Å²) in [4.78, 5) is 11.5. The fourth-order valence-corrected chi connectivity index (χ4v) is 2.53. The van der Waals surface area contributed by atoms with Crippen molar-refractivity contribution in [1.82, 2.24) is 25.2 Å². The van der Waals surface area contributed by atoms with Gasteiger partial charge in [-0.3, -0.25) is 4.99 Å². The molecule has 0 bridgehead atoms. The third-order valence-corrected chi connectivity index (χ3v) is 3.77. The molecule has 23 heavy (non-hydrogen) atoms. The van der Waals surface area contributed by atoms with E-state index in [-0.39, 0.29) is 6.54 Å². The SMILES string of the molecule is CN=C(NCCCn1ccnc1)NCc1nc(C(F)(F)F)cs1. The second kappa shape index (κ2) is 7.95. The van der Waals surface area contributed by atoms with Crippen molar-refractivity contribution in [2.45, 2.75) is 25.7 Å². The Morgan fingerprint density at radius 2 is 2.22 bits per heavy atom. The van der Waals surface area contributed by atoms with E-state index in [1.807, 2.05) is 10.8 Å². The summed E-state index contributed by atoms with van der Waals surface area (Å²) in [7, 11) is 1.61. The predicted molar refractivity (Wildman–Crippen MR) is 82.2 cm³/mol. The second-order valence-electron chi connectivity index (χ2n) is 4.63. The molecule has 0 aliphatic carbocycles. The minimum absolute atomic E-state index is 0.196. The summed E-state index contributed by atoms with van der Waals surface area (Å²) >= 11 is 0.969. The van der Waals surface area contributed by atoms with Gasteiger partial charge in [-0.1, -0.05) is 0 Å². The lowest BCUT2D eigenvalue weighted by atomic mass is 10.4. The molecule has 6 nitrogen and oxygen atoms in total. The molecule has 2 rings (SSSR count). The molecule has 0 saturated carbocycles. The van der Waals surface area contributed by atoms with Gasteiger partial charge in [0.05, 0.1) is 12.9 Å². The van der Waals surface area contributed by atoms with Crippen molar-refractivity contribution in [2.75, 3.05) is 13.6 Å². The summed E-state index contributed by atoms with van der Waals surface area (Å²) in [6, 6.07) is 0. The number of halogens is 3. The van der Waals surface area contributed by atoms with E-state index in [2.05, 4.69) is 25.6 Å². The monoisotopic (exact) mass is 346 g/mol. The quantitative estimate of drug-likeness (QED) is 0.478. The minimum atomic E-state index is -4.40. The smallest absolute Gasteiger partial charge is 0.356 e. The van der Waals surface area contributed by atoms with Gasteiger partial charge in [-0.15, -0.1) is 11.3 Å². The van der Waals surface area contributed by atoms with Gasteiger partial charge in [0, 0.05) is 37.9 Å². The summed E-state index contributed by atoms with van der Waals surface area (Å²) < 4.78 is 39.4. The number of nitrogens with zero attached hydrogens (tertiary/aromatic N) is 4. The first kappa shape index (κ1) is 17.3. The van der Waals surface area contributed by atoms with E-state index in [1.165, 1.54) is 0 Å². The number of aliphatic imine (C=N–C) groups is 1. The van der Waals surface area contributed by atoms with Gasteiger partial charge in [0.25, 0.3) is 0 Å². The lowest BCUT2D eigenvalue weighted by molar-refractivity contribution is -0.140. The Morgan fingerprint density at radius 3 is 2.83 bits per heavy atom. The van der Waals surface area contributed by atoms with E-state index in [1.54, 1.807) is 19.6 Å². The molecule has 0 aliphatic rings. The number of alkyl halides is 3. The molecule has 2 aromatic rings. The minimum Gasteiger partial charge on any atom is -0.356 e. The van der Waals surface area contributed by atoms with Crippen molar-refractivity contribution in [3.05, 3.63) is 34.8 Å². The van der Waals surface area contributed by atoms with E-state index in [0.717, 1.165) is 29.7 Å². The standard InChI is InChI=1S/C13H17F3N6S/c1-17-12(19-3-2-5-22-6-4-18-9-22)20-7-11-21-10(8-23-11)13(14,15)16/h4,6,8-9H,2-3,5,7H2,1H3,(H2,17,19,20). The summed E-state index contributed by atoms with van der Waals surface area (Å²) in [5.74, 6) is 0.527. The van der Waals surface area contributed by atoms with E-state index in [4.69, 9.17) is 0 Å². The molecule has 0 aromatic carbocycles. The van der Waals surface area contributed by atoms with Crippen molar-refractivity contribution in [2.24, 2.45) is 4.99 Å². The van der Waals surface area contributed by atoms with Crippen molar-refractivity contribution < 1.29 is 13.2 Å². The molecule has 2 aromatic heterocycles. The molecule has 0 fully saturated rings. The highest BCUT2D eigenvalue weighted by molar-refractivity contribution is 7.09. The van der Waals surface area contributed by atoms with Gasteiger partial charge in [0.2, 0.25) is 0 Å². The van der Waals surface area contributed by atoms with Crippen LogP contribution in [0.15, 0.2) is 29.1 Å². The van der Waals surface area contributed by atoms with Gasteiger partial charge < -0.3 is 15.2 Å². The zero-order valence-corrected chi connectivity index (χ0v) is 13.3. The van der Waals surface area contributed by atoms with Crippen molar-refractivity contribution >= 4 is 17.3 Å². The Hall–Kier alpha value is -2.10. The van der Waals surface area contributed by atoms with Gasteiger partial charge in [0.1, 0.15) is 5.01 Å². The number of guanidine groups is 1. The fraction of sp³-hybridized carbons (Fsp3) is 0.462. The highest BCUT2D eigenvalue weighted by Crippen LogP contribution is 2.29. The molecular formula is C13H17F3N6S. The second-order valence-corrected chi connectivity index (χ2v) is 5.57. The van der Waals surface area contributed by atoms with E-state index in [9.17, 15) is 13.2 Å². The molecule has 10 heteroatoms. The first-order chi connectivity index (χ1) is 11.0. The number of thiazole rings is 1. The average Bonchev–Trinajstić information content (AvgIpc) is 3.17. The molecule has 2 heterocycles. The molecule has 0 amide bonds. The van der Waals surface area contributed by atoms with Gasteiger partial charge in [-0.25, -0.2) is 9.97 Å². The molecule has 126 valence electrons. The third kappa shape index (κ3) is 5.55. The fourth-order valence-electron chi connectivity index (χ4n) is 1.79. The van der Waals surface area contributed by atoms with Gasteiger partial charge in [0.15, 0.2) is 11.7 Å². The first-order valence-corrected chi connectivity index (χ1v) is 7.79. The van der Waals surface area contributed by atoms with E-state index in [0.29, 0.717) is 17.5 Å². The Bertz CT molecular complexity index is 620. The summed E-state index contributed by atoms with van der Waals surface area (Å²) in [5, 5.41) is 7.42. The maximum absolute atomic E-state index is 12.5. The Balaban J connectivity index is 1.71. The number of rotatable bonds is 6. The third-order valence-electron chi connectivity index (χ3n) is 2.92. The molecule has 0 spiro atoms. The van der Waals surface area contributed by atoms with Crippen LogP contribution in [0.4, 0.5) is 13.2 Å². The van der Waals surface area contributed by atoms with Crippen LogP contribution in [0.3, 0.4) is 0 Å².